The van der Waals surface area contributed by atoms with Gasteiger partial charge in [-0.3, -0.25) is 9.59 Å². The Morgan fingerprint density at radius 3 is 2.52 bits per heavy atom. The third-order valence-electron chi connectivity index (χ3n) is 5.51. The lowest BCUT2D eigenvalue weighted by Crippen LogP contribution is -2.45. The van der Waals surface area contributed by atoms with Crippen LogP contribution in [-0.2, 0) is 16.0 Å². The number of hydrogen-bond acceptors (Lipinski definition) is 4. The van der Waals surface area contributed by atoms with Crippen LogP contribution in [0.3, 0.4) is 0 Å². The average Bonchev–Trinajstić information content (AvgIpc) is 3.28. The maximum Gasteiger partial charge on any atom is 0.339 e. The highest BCUT2D eigenvalue weighted by Crippen LogP contribution is 2.27. The molecule has 154 valence electrons. The van der Waals surface area contributed by atoms with Gasteiger partial charge in [0.2, 0.25) is 5.91 Å². The van der Waals surface area contributed by atoms with Crippen LogP contribution in [0.5, 0.6) is 0 Å². The standard InChI is InChI=1S/C22H27N3O4/c1-5-16-18(22(28)29-4)14(3)19(23-16)21(27)24(6-2)17-12-13-25(20(17)26)15-10-8-7-9-11-15/h7-11,17,23H,5-6,12-13H2,1-4H3. The summed E-state index contributed by atoms with van der Waals surface area (Å²) in [4.78, 5) is 45.0. The van der Waals surface area contributed by atoms with Gasteiger partial charge in [0, 0.05) is 24.5 Å². The molecule has 1 atom stereocenters. The summed E-state index contributed by atoms with van der Waals surface area (Å²) >= 11 is 0. The van der Waals surface area contributed by atoms with Crippen LogP contribution in [0.1, 0.15) is 52.4 Å². The largest absolute Gasteiger partial charge is 0.465 e. The van der Waals surface area contributed by atoms with E-state index in [0.717, 1.165) is 5.69 Å². The van der Waals surface area contributed by atoms with E-state index < -0.39 is 12.0 Å². The number of aromatic amines is 1. The van der Waals surface area contributed by atoms with Gasteiger partial charge in [0.05, 0.1) is 12.7 Å². The van der Waals surface area contributed by atoms with Crippen molar-refractivity contribution < 1.29 is 19.1 Å². The lowest BCUT2D eigenvalue weighted by atomic mass is 10.1. The number of rotatable bonds is 6. The summed E-state index contributed by atoms with van der Waals surface area (Å²) in [6, 6.07) is 8.94. The Labute approximate surface area is 170 Å². The topological polar surface area (TPSA) is 82.7 Å². The number of carbonyl (C=O) groups excluding carboxylic acids is 3. The summed E-state index contributed by atoms with van der Waals surface area (Å²) in [5.41, 5.74) is 2.80. The van der Waals surface area contributed by atoms with Crippen LogP contribution in [0.25, 0.3) is 0 Å². The summed E-state index contributed by atoms with van der Waals surface area (Å²) in [5, 5.41) is 0. The fourth-order valence-electron chi connectivity index (χ4n) is 3.98. The number of H-pyrrole nitrogens is 1. The molecule has 1 fully saturated rings. The molecule has 2 aromatic rings. The highest BCUT2D eigenvalue weighted by Gasteiger charge is 2.39. The van der Waals surface area contributed by atoms with Gasteiger partial charge in [-0.25, -0.2) is 4.79 Å². The molecular weight excluding hydrogens is 370 g/mol. The lowest BCUT2D eigenvalue weighted by molar-refractivity contribution is -0.120. The quantitative estimate of drug-likeness (QED) is 0.760. The van der Waals surface area contributed by atoms with Crippen LogP contribution in [0.15, 0.2) is 30.3 Å². The highest BCUT2D eigenvalue weighted by molar-refractivity contribution is 6.05. The van der Waals surface area contributed by atoms with E-state index in [1.54, 1.807) is 16.7 Å². The van der Waals surface area contributed by atoms with Crippen molar-refractivity contribution in [2.45, 2.75) is 39.7 Å². The van der Waals surface area contributed by atoms with Gasteiger partial charge in [0.25, 0.3) is 5.91 Å². The van der Waals surface area contributed by atoms with Gasteiger partial charge < -0.3 is 19.5 Å². The number of nitrogens with one attached hydrogen (secondary N) is 1. The molecule has 1 unspecified atom stereocenters. The Kier molecular flexibility index (Phi) is 6.06. The maximum atomic E-state index is 13.3. The van der Waals surface area contributed by atoms with E-state index in [-0.39, 0.29) is 11.8 Å². The van der Waals surface area contributed by atoms with Crippen molar-refractivity contribution in [1.82, 2.24) is 9.88 Å². The number of likely N-dealkylation sites (N-methyl/N-ethyl adjacent to an activating group) is 1. The molecule has 2 heterocycles. The summed E-state index contributed by atoms with van der Waals surface area (Å²) in [6.07, 6.45) is 1.13. The van der Waals surface area contributed by atoms with Crippen LogP contribution in [0.2, 0.25) is 0 Å². The second-order valence-corrected chi connectivity index (χ2v) is 7.04. The number of nitrogens with zero attached hydrogens (tertiary/aromatic N) is 2. The molecule has 1 aromatic carbocycles. The Morgan fingerprint density at radius 2 is 1.93 bits per heavy atom. The number of aromatic nitrogens is 1. The minimum atomic E-state index is -0.526. The predicted molar refractivity (Wildman–Crippen MR) is 110 cm³/mol. The van der Waals surface area contributed by atoms with Gasteiger partial charge in [0.1, 0.15) is 11.7 Å². The number of para-hydroxylation sites is 1. The minimum Gasteiger partial charge on any atom is -0.465 e. The van der Waals surface area contributed by atoms with Gasteiger partial charge >= 0.3 is 5.97 Å². The van der Waals surface area contributed by atoms with Gasteiger partial charge in [-0.15, -0.1) is 0 Å². The second kappa shape index (κ2) is 8.51. The van der Waals surface area contributed by atoms with Crippen molar-refractivity contribution in [1.29, 1.82) is 0 Å². The molecule has 1 saturated heterocycles. The van der Waals surface area contributed by atoms with Crippen LogP contribution in [-0.4, -0.2) is 53.9 Å². The number of benzene rings is 1. The van der Waals surface area contributed by atoms with Crippen molar-refractivity contribution >= 4 is 23.5 Å². The first-order chi connectivity index (χ1) is 13.9. The first-order valence-electron chi connectivity index (χ1n) is 9.91. The van der Waals surface area contributed by atoms with Crippen LogP contribution < -0.4 is 4.90 Å². The molecule has 1 N–H and O–H groups in total. The number of hydrogen-bond donors (Lipinski definition) is 1. The molecular formula is C22H27N3O4. The van der Waals surface area contributed by atoms with Gasteiger partial charge in [-0.1, -0.05) is 25.1 Å². The summed E-state index contributed by atoms with van der Waals surface area (Å²) in [5.74, 6) is -0.826. The molecule has 0 saturated carbocycles. The molecule has 0 radical (unpaired) electrons. The number of ether oxygens (including phenoxy) is 1. The van der Waals surface area contributed by atoms with Crippen molar-refractivity contribution in [3.05, 3.63) is 52.8 Å². The van der Waals surface area contributed by atoms with Crippen molar-refractivity contribution in [2.75, 3.05) is 25.1 Å². The molecule has 7 nitrogen and oxygen atoms in total. The zero-order chi connectivity index (χ0) is 21.1. The molecule has 0 spiro atoms. The van der Waals surface area contributed by atoms with E-state index in [1.165, 1.54) is 7.11 Å². The Bertz CT molecular complexity index is 920. The van der Waals surface area contributed by atoms with Gasteiger partial charge in [-0.2, -0.15) is 0 Å². The second-order valence-electron chi connectivity index (χ2n) is 7.04. The number of esters is 1. The first-order valence-corrected chi connectivity index (χ1v) is 9.91. The number of methoxy groups -OCH3 is 1. The molecule has 1 aliphatic heterocycles. The van der Waals surface area contributed by atoms with Crippen molar-refractivity contribution in [3.63, 3.8) is 0 Å². The summed E-state index contributed by atoms with van der Waals surface area (Å²) in [6.45, 7) is 6.45. The summed E-state index contributed by atoms with van der Waals surface area (Å²) in [7, 11) is 1.32. The average molecular weight is 397 g/mol. The van der Waals surface area contributed by atoms with E-state index in [9.17, 15) is 14.4 Å². The van der Waals surface area contributed by atoms with Crippen molar-refractivity contribution in [3.8, 4) is 0 Å². The normalized spacial score (nSPS) is 16.2. The zero-order valence-corrected chi connectivity index (χ0v) is 17.3. The number of carbonyl (C=O) groups is 3. The third kappa shape index (κ3) is 3.64. The van der Waals surface area contributed by atoms with Crippen LogP contribution in [0.4, 0.5) is 5.69 Å². The predicted octanol–water partition coefficient (Wildman–Crippen LogP) is 2.94. The highest BCUT2D eigenvalue weighted by atomic mass is 16.5. The van der Waals surface area contributed by atoms with E-state index in [0.29, 0.717) is 48.4 Å². The van der Waals surface area contributed by atoms with E-state index >= 15 is 0 Å². The number of aryl methyl sites for hydroxylation is 1. The van der Waals surface area contributed by atoms with E-state index in [1.807, 2.05) is 44.2 Å². The molecule has 29 heavy (non-hydrogen) atoms. The van der Waals surface area contributed by atoms with E-state index in [2.05, 4.69) is 4.98 Å². The molecule has 3 rings (SSSR count). The SMILES string of the molecule is CCc1[nH]c(C(=O)N(CC)C2CCN(c3ccccc3)C2=O)c(C)c1C(=O)OC. The maximum absolute atomic E-state index is 13.3. The lowest BCUT2D eigenvalue weighted by Gasteiger charge is -2.27. The van der Waals surface area contributed by atoms with Crippen LogP contribution >= 0.6 is 0 Å². The van der Waals surface area contributed by atoms with Gasteiger partial charge in [-0.05, 0) is 44.4 Å². The molecule has 1 aromatic heterocycles. The molecule has 1 aliphatic rings. The van der Waals surface area contributed by atoms with Gasteiger partial charge in [0.15, 0.2) is 0 Å². The Morgan fingerprint density at radius 1 is 1.24 bits per heavy atom. The van der Waals surface area contributed by atoms with Crippen LogP contribution in [0, 0.1) is 6.92 Å². The fourth-order valence-corrected chi connectivity index (χ4v) is 3.98. The summed E-state index contributed by atoms with van der Waals surface area (Å²) < 4.78 is 4.87. The monoisotopic (exact) mass is 397 g/mol. The Hall–Kier alpha value is -3.09. The van der Waals surface area contributed by atoms with Crippen molar-refractivity contribution in [2.24, 2.45) is 0 Å². The molecule has 7 heteroatoms. The number of anilines is 1. The molecule has 0 aliphatic carbocycles. The third-order valence-corrected chi connectivity index (χ3v) is 5.51. The zero-order valence-electron chi connectivity index (χ0n) is 17.3. The molecule has 0 bridgehead atoms. The Balaban J connectivity index is 1.89. The first kappa shape index (κ1) is 20.6. The van der Waals surface area contributed by atoms with E-state index in [4.69, 9.17) is 4.74 Å². The number of amides is 2. The molecule has 2 amide bonds. The minimum absolute atomic E-state index is 0.0838. The smallest absolute Gasteiger partial charge is 0.339 e. The fraction of sp³-hybridized carbons (Fsp3) is 0.409.